The number of likely N-dealkylation sites (N-methyl/N-ethyl adjacent to an activating group) is 1. The fraction of sp³-hybridized carbons (Fsp3) is 0.556. The van der Waals surface area contributed by atoms with E-state index in [1.165, 1.54) is 0 Å². The maximum Gasteiger partial charge on any atom is 0.255 e. The fourth-order valence-corrected chi connectivity index (χ4v) is 4.16. The highest BCUT2D eigenvalue weighted by molar-refractivity contribution is 8.00. The van der Waals surface area contributed by atoms with Crippen LogP contribution in [0.25, 0.3) is 0 Å². The van der Waals surface area contributed by atoms with Crippen LogP contribution in [0.2, 0.25) is 0 Å². The fourth-order valence-electron chi connectivity index (χ4n) is 2.80. The molecule has 24 heavy (non-hydrogen) atoms. The molecule has 132 valence electrons. The Hall–Kier alpha value is -1.53. The zero-order chi connectivity index (χ0) is 17.7. The van der Waals surface area contributed by atoms with Gasteiger partial charge in [0.05, 0.1) is 5.37 Å². The second kappa shape index (κ2) is 8.53. The number of benzene rings is 1. The van der Waals surface area contributed by atoms with Gasteiger partial charge in [-0.2, -0.15) is 0 Å². The lowest BCUT2D eigenvalue weighted by atomic mass is 10.1. The van der Waals surface area contributed by atoms with Crippen molar-refractivity contribution >= 4 is 23.6 Å². The molecule has 6 heteroatoms. The van der Waals surface area contributed by atoms with Crippen molar-refractivity contribution in [3.8, 4) is 0 Å². The van der Waals surface area contributed by atoms with E-state index in [-0.39, 0.29) is 17.2 Å². The van der Waals surface area contributed by atoms with Crippen molar-refractivity contribution < 1.29 is 9.59 Å². The van der Waals surface area contributed by atoms with Crippen molar-refractivity contribution in [1.29, 1.82) is 0 Å². The number of thioether (sulfide) groups is 1. The van der Waals surface area contributed by atoms with Gasteiger partial charge in [-0.3, -0.25) is 9.59 Å². The SMILES string of the molecule is CCC1SCC(C(=O)NCCN(C)C)N1C(=O)c1cccc(C)c1. The Morgan fingerprint density at radius 1 is 1.38 bits per heavy atom. The highest BCUT2D eigenvalue weighted by Crippen LogP contribution is 2.32. The summed E-state index contributed by atoms with van der Waals surface area (Å²) < 4.78 is 0. The molecule has 0 radical (unpaired) electrons. The van der Waals surface area contributed by atoms with E-state index < -0.39 is 6.04 Å². The third-order valence-corrected chi connectivity index (χ3v) is 5.56. The lowest BCUT2D eigenvalue weighted by Gasteiger charge is -2.28. The van der Waals surface area contributed by atoms with Gasteiger partial charge in [0.25, 0.3) is 5.91 Å². The maximum absolute atomic E-state index is 13.0. The van der Waals surface area contributed by atoms with Gasteiger partial charge in [-0.15, -0.1) is 11.8 Å². The summed E-state index contributed by atoms with van der Waals surface area (Å²) in [4.78, 5) is 29.3. The number of nitrogens with one attached hydrogen (secondary N) is 1. The van der Waals surface area contributed by atoms with Gasteiger partial charge in [0.15, 0.2) is 0 Å². The van der Waals surface area contributed by atoms with Gasteiger partial charge in [-0.05, 0) is 39.6 Å². The zero-order valence-electron chi connectivity index (χ0n) is 14.9. The van der Waals surface area contributed by atoms with Gasteiger partial charge < -0.3 is 15.1 Å². The molecule has 0 spiro atoms. The van der Waals surface area contributed by atoms with Gasteiger partial charge in [0.1, 0.15) is 6.04 Å². The first kappa shape index (κ1) is 18.8. The number of nitrogens with zero attached hydrogens (tertiary/aromatic N) is 2. The van der Waals surface area contributed by atoms with Crippen LogP contribution in [0.1, 0.15) is 29.3 Å². The highest BCUT2D eigenvalue weighted by Gasteiger charge is 2.40. The van der Waals surface area contributed by atoms with Crippen LogP contribution in [-0.4, -0.2) is 66.0 Å². The number of aryl methyl sites for hydroxylation is 1. The van der Waals surface area contributed by atoms with Crippen LogP contribution in [0.4, 0.5) is 0 Å². The first-order valence-electron chi connectivity index (χ1n) is 8.37. The van der Waals surface area contributed by atoms with Crippen molar-refractivity contribution in [2.24, 2.45) is 0 Å². The van der Waals surface area contributed by atoms with Crippen LogP contribution in [0, 0.1) is 6.92 Å². The molecule has 0 saturated carbocycles. The summed E-state index contributed by atoms with van der Waals surface area (Å²) in [5.41, 5.74) is 1.70. The largest absolute Gasteiger partial charge is 0.353 e. The Bertz CT molecular complexity index is 591. The number of rotatable bonds is 6. The van der Waals surface area contributed by atoms with E-state index in [9.17, 15) is 9.59 Å². The predicted octanol–water partition coefficient (Wildman–Crippen LogP) is 1.97. The molecule has 1 fully saturated rings. The number of carbonyl (C=O) groups is 2. The normalized spacial score (nSPS) is 20.5. The molecule has 1 aliphatic rings. The van der Waals surface area contributed by atoms with Crippen LogP contribution in [0.3, 0.4) is 0 Å². The lowest BCUT2D eigenvalue weighted by Crippen LogP contribution is -2.50. The highest BCUT2D eigenvalue weighted by atomic mass is 32.2. The van der Waals surface area contributed by atoms with Crippen LogP contribution in [-0.2, 0) is 4.79 Å². The Balaban J connectivity index is 2.13. The van der Waals surface area contributed by atoms with Crippen molar-refractivity contribution in [2.75, 3.05) is 32.9 Å². The zero-order valence-corrected chi connectivity index (χ0v) is 15.7. The molecule has 1 heterocycles. The minimum Gasteiger partial charge on any atom is -0.353 e. The number of hydrogen-bond donors (Lipinski definition) is 1. The van der Waals surface area contributed by atoms with Gasteiger partial charge in [-0.1, -0.05) is 24.6 Å². The van der Waals surface area contributed by atoms with E-state index in [0.717, 1.165) is 18.5 Å². The van der Waals surface area contributed by atoms with Gasteiger partial charge >= 0.3 is 0 Å². The molecule has 2 rings (SSSR count). The summed E-state index contributed by atoms with van der Waals surface area (Å²) >= 11 is 1.69. The van der Waals surface area contributed by atoms with Crippen LogP contribution in [0.15, 0.2) is 24.3 Å². The average molecular weight is 350 g/mol. The van der Waals surface area contributed by atoms with E-state index in [2.05, 4.69) is 12.2 Å². The summed E-state index contributed by atoms with van der Waals surface area (Å²) in [6, 6.07) is 7.18. The van der Waals surface area contributed by atoms with E-state index in [1.54, 1.807) is 16.7 Å². The Morgan fingerprint density at radius 3 is 2.75 bits per heavy atom. The van der Waals surface area contributed by atoms with Crippen LogP contribution in [0.5, 0.6) is 0 Å². The van der Waals surface area contributed by atoms with Crippen molar-refractivity contribution in [3.63, 3.8) is 0 Å². The Kier molecular flexibility index (Phi) is 6.69. The summed E-state index contributed by atoms with van der Waals surface area (Å²) in [6.07, 6.45) is 0.837. The molecule has 2 atom stereocenters. The van der Waals surface area contributed by atoms with E-state index in [1.807, 2.05) is 50.2 Å². The first-order chi connectivity index (χ1) is 11.4. The number of amides is 2. The first-order valence-corrected chi connectivity index (χ1v) is 9.42. The van der Waals surface area contributed by atoms with Crippen molar-refractivity contribution in [3.05, 3.63) is 35.4 Å². The monoisotopic (exact) mass is 349 g/mol. The third kappa shape index (κ3) is 4.51. The molecule has 1 aromatic rings. The van der Waals surface area contributed by atoms with Crippen LogP contribution < -0.4 is 5.32 Å². The molecule has 1 aliphatic heterocycles. The van der Waals surface area contributed by atoms with E-state index in [4.69, 9.17) is 0 Å². The predicted molar refractivity (Wildman–Crippen MR) is 99.2 cm³/mol. The molecule has 2 unspecified atom stereocenters. The number of hydrogen-bond acceptors (Lipinski definition) is 4. The molecule has 2 amide bonds. The second-order valence-electron chi connectivity index (χ2n) is 6.39. The summed E-state index contributed by atoms with van der Waals surface area (Å²) in [5.74, 6) is 0.550. The third-order valence-electron chi connectivity index (χ3n) is 4.10. The van der Waals surface area contributed by atoms with Gasteiger partial charge in [-0.25, -0.2) is 0 Å². The van der Waals surface area contributed by atoms with E-state index >= 15 is 0 Å². The molecule has 1 N–H and O–H groups in total. The molecular formula is C18H27N3O2S. The maximum atomic E-state index is 13.0. The second-order valence-corrected chi connectivity index (χ2v) is 7.60. The molecule has 0 aliphatic carbocycles. The minimum atomic E-state index is -0.393. The Morgan fingerprint density at radius 2 is 2.12 bits per heavy atom. The smallest absolute Gasteiger partial charge is 0.255 e. The number of carbonyl (C=O) groups excluding carboxylic acids is 2. The molecule has 1 aromatic carbocycles. The van der Waals surface area contributed by atoms with Gasteiger partial charge in [0.2, 0.25) is 5.91 Å². The molecule has 5 nitrogen and oxygen atoms in total. The molecule has 1 saturated heterocycles. The van der Waals surface area contributed by atoms with Gasteiger partial charge in [0, 0.05) is 24.4 Å². The molecule has 0 aromatic heterocycles. The molecule has 0 bridgehead atoms. The topological polar surface area (TPSA) is 52.7 Å². The lowest BCUT2D eigenvalue weighted by molar-refractivity contribution is -0.124. The summed E-state index contributed by atoms with van der Waals surface area (Å²) in [5, 5.41) is 3.02. The minimum absolute atomic E-state index is 0.0525. The summed E-state index contributed by atoms with van der Waals surface area (Å²) in [6.45, 7) is 5.41. The molecular weight excluding hydrogens is 322 g/mol. The van der Waals surface area contributed by atoms with Crippen molar-refractivity contribution in [1.82, 2.24) is 15.1 Å². The summed E-state index contributed by atoms with van der Waals surface area (Å²) in [7, 11) is 3.94. The quantitative estimate of drug-likeness (QED) is 0.853. The van der Waals surface area contributed by atoms with E-state index in [0.29, 0.717) is 17.9 Å². The average Bonchev–Trinajstić information content (AvgIpc) is 2.97. The standard InChI is InChI=1S/C18H27N3O2S/c1-5-16-21(18(23)14-8-6-7-13(2)11-14)15(12-24-16)17(22)19-9-10-20(3)4/h6-8,11,15-16H,5,9-10,12H2,1-4H3,(H,19,22). The van der Waals surface area contributed by atoms with Crippen molar-refractivity contribution in [2.45, 2.75) is 31.7 Å². The Labute approximate surface area is 148 Å². The van der Waals surface area contributed by atoms with Crippen LogP contribution >= 0.6 is 11.8 Å².